The zero-order valence-electron chi connectivity index (χ0n) is 16.1. The number of amides is 2. The molecule has 2 aromatic rings. The Kier molecular flexibility index (Phi) is 6.68. The van der Waals surface area contributed by atoms with Crippen molar-refractivity contribution < 1.29 is 27.1 Å². The van der Waals surface area contributed by atoms with Gasteiger partial charge in [-0.15, -0.1) is 0 Å². The van der Waals surface area contributed by atoms with Crippen LogP contribution in [0.5, 0.6) is 5.75 Å². The molecule has 0 aliphatic carbocycles. The molecule has 1 aromatic heterocycles. The van der Waals surface area contributed by atoms with Crippen molar-refractivity contribution in [3.8, 4) is 5.75 Å². The van der Waals surface area contributed by atoms with Crippen molar-refractivity contribution in [2.45, 2.75) is 31.6 Å². The zero-order valence-corrected chi connectivity index (χ0v) is 16.1. The van der Waals surface area contributed by atoms with Gasteiger partial charge in [0, 0.05) is 13.1 Å². The first-order valence-electron chi connectivity index (χ1n) is 9.41. The highest BCUT2D eigenvalue weighted by molar-refractivity contribution is 5.74. The molecule has 1 fully saturated rings. The molecule has 0 spiro atoms. The second-order valence-electron chi connectivity index (χ2n) is 6.86. The summed E-state index contributed by atoms with van der Waals surface area (Å²) in [5, 5.41) is 5.24. The van der Waals surface area contributed by atoms with Crippen molar-refractivity contribution in [1.82, 2.24) is 15.5 Å². The van der Waals surface area contributed by atoms with Crippen LogP contribution in [-0.2, 0) is 12.7 Å². The van der Waals surface area contributed by atoms with Crippen LogP contribution in [0.15, 0.2) is 41.0 Å². The van der Waals surface area contributed by atoms with Crippen LogP contribution in [0, 0.1) is 0 Å². The number of hydrogen-bond acceptors (Lipinski definition) is 4. The Labute approximate surface area is 167 Å². The van der Waals surface area contributed by atoms with Gasteiger partial charge in [-0.25, -0.2) is 4.79 Å². The molecule has 1 saturated heterocycles. The fraction of sp³-hybridized carbons (Fsp3) is 0.450. The van der Waals surface area contributed by atoms with Crippen molar-refractivity contribution in [3.05, 3.63) is 53.5 Å². The summed E-state index contributed by atoms with van der Waals surface area (Å²) in [6, 6.07) is 6.67. The minimum atomic E-state index is -4.54. The fourth-order valence-corrected chi connectivity index (χ4v) is 3.47. The van der Waals surface area contributed by atoms with Crippen LogP contribution >= 0.6 is 0 Å². The number of carbonyl (C=O) groups excluding carboxylic acids is 1. The molecule has 3 rings (SSSR count). The lowest BCUT2D eigenvalue weighted by Gasteiger charge is -2.26. The number of urea groups is 1. The SMILES string of the molecule is COc1ccc(CNC(=O)NCC(c2ccco2)N2CCCC2)c(C(F)(F)F)c1. The second-order valence-corrected chi connectivity index (χ2v) is 6.86. The van der Waals surface area contributed by atoms with Gasteiger partial charge in [0.05, 0.1) is 25.0 Å². The van der Waals surface area contributed by atoms with Gasteiger partial charge in [-0.2, -0.15) is 13.2 Å². The first kappa shape index (κ1) is 21.0. The average Bonchev–Trinajstić information content (AvgIpc) is 3.40. The first-order chi connectivity index (χ1) is 13.9. The summed E-state index contributed by atoms with van der Waals surface area (Å²) >= 11 is 0. The third-order valence-electron chi connectivity index (χ3n) is 4.97. The van der Waals surface area contributed by atoms with Gasteiger partial charge in [-0.05, 0) is 55.8 Å². The Bertz CT molecular complexity index is 803. The number of nitrogens with one attached hydrogen (secondary N) is 2. The van der Waals surface area contributed by atoms with Crippen LogP contribution in [-0.4, -0.2) is 37.7 Å². The van der Waals surface area contributed by atoms with Crippen LogP contribution in [0.25, 0.3) is 0 Å². The second kappa shape index (κ2) is 9.21. The van der Waals surface area contributed by atoms with Gasteiger partial charge in [0.1, 0.15) is 11.5 Å². The summed E-state index contributed by atoms with van der Waals surface area (Å²) in [6.07, 6.45) is -0.787. The Hall–Kier alpha value is -2.68. The third-order valence-corrected chi connectivity index (χ3v) is 4.97. The van der Waals surface area contributed by atoms with E-state index in [-0.39, 0.29) is 23.9 Å². The molecule has 29 heavy (non-hydrogen) atoms. The number of rotatable bonds is 7. The maximum atomic E-state index is 13.3. The third kappa shape index (κ3) is 5.44. The highest BCUT2D eigenvalue weighted by Crippen LogP contribution is 2.34. The largest absolute Gasteiger partial charge is 0.497 e. The Morgan fingerprint density at radius 1 is 1.24 bits per heavy atom. The summed E-state index contributed by atoms with van der Waals surface area (Å²) in [7, 11) is 1.30. The van der Waals surface area contributed by atoms with Crippen LogP contribution in [0.3, 0.4) is 0 Å². The summed E-state index contributed by atoms with van der Waals surface area (Å²) < 4.78 is 50.2. The van der Waals surface area contributed by atoms with E-state index in [0.717, 1.165) is 37.8 Å². The molecule has 1 aromatic carbocycles. The predicted molar refractivity (Wildman–Crippen MR) is 100 cm³/mol. The van der Waals surface area contributed by atoms with Crippen LogP contribution in [0.1, 0.15) is 35.8 Å². The maximum absolute atomic E-state index is 13.3. The van der Waals surface area contributed by atoms with Crippen LogP contribution in [0.2, 0.25) is 0 Å². The Morgan fingerprint density at radius 3 is 2.62 bits per heavy atom. The summed E-state index contributed by atoms with van der Waals surface area (Å²) in [4.78, 5) is 14.4. The number of furan rings is 1. The van der Waals surface area contributed by atoms with E-state index < -0.39 is 17.8 Å². The number of hydrogen-bond donors (Lipinski definition) is 2. The van der Waals surface area contributed by atoms with Crippen LogP contribution in [0.4, 0.5) is 18.0 Å². The standard InChI is InChI=1S/C20H24F3N3O3/c1-28-15-7-6-14(16(11-15)20(21,22)23)12-24-19(27)25-13-17(18-5-4-10-29-18)26-8-2-3-9-26/h4-7,10-11,17H,2-3,8-9,12-13H2,1H3,(H2,24,25,27). The summed E-state index contributed by atoms with van der Waals surface area (Å²) in [6.45, 7) is 1.87. The molecule has 0 bridgehead atoms. The van der Waals surface area contributed by atoms with E-state index in [2.05, 4.69) is 15.5 Å². The average molecular weight is 411 g/mol. The van der Waals surface area contributed by atoms with Gasteiger partial charge in [0.15, 0.2) is 0 Å². The van der Waals surface area contributed by atoms with Crippen molar-refractivity contribution in [2.75, 3.05) is 26.7 Å². The first-order valence-corrected chi connectivity index (χ1v) is 9.41. The molecule has 1 atom stereocenters. The minimum Gasteiger partial charge on any atom is -0.497 e. The normalized spacial score (nSPS) is 15.9. The van der Waals surface area contributed by atoms with Crippen molar-refractivity contribution >= 4 is 6.03 Å². The molecule has 6 nitrogen and oxygen atoms in total. The molecule has 2 amide bonds. The minimum absolute atomic E-state index is 0.0319. The fourth-order valence-electron chi connectivity index (χ4n) is 3.47. The maximum Gasteiger partial charge on any atom is 0.416 e. The van der Waals surface area contributed by atoms with Gasteiger partial charge in [-0.3, -0.25) is 4.90 Å². The molecule has 9 heteroatoms. The monoisotopic (exact) mass is 411 g/mol. The van der Waals surface area contributed by atoms with E-state index in [9.17, 15) is 18.0 Å². The number of likely N-dealkylation sites (tertiary alicyclic amines) is 1. The van der Waals surface area contributed by atoms with E-state index in [0.29, 0.717) is 6.54 Å². The number of carbonyl (C=O) groups is 1. The quantitative estimate of drug-likeness (QED) is 0.724. The molecular formula is C20H24F3N3O3. The lowest BCUT2D eigenvalue weighted by Crippen LogP contribution is -2.41. The van der Waals surface area contributed by atoms with Gasteiger partial charge in [0.25, 0.3) is 0 Å². The molecule has 1 aliphatic rings. The van der Waals surface area contributed by atoms with Gasteiger partial charge in [0.2, 0.25) is 0 Å². The Morgan fingerprint density at radius 2 is 2.00 bits per heavy atom. The van der Waals surface area contributed by atoms with Crippen LogP contribution < -0.4 is 15.4 Å². The molecule has 0 radical (unpaired) electrons. The molecule has 158 valence electrons. The molecule has 1 aliphatic heterocycles. The Balaban J connectivity index is 1.59. The molecule has 2 heterocycles. The number of methoxy groups -OCH3 is 1. The number of halogens is 3. The van der Waals surface area contributed by atoms with Crippen molar-refractivity contribution in [3.63, 3.8) is 0 Å². The number of ether oxygens (including phenoxy) is 1. The van der Waals surface area contributed by atoms with Gasteiger partial charge in [-0.1, -0.05) is 6.07 Å². The van der Waals surface area contributed by atoms with Crippen molar-refractivity contribution in [2.24, 2.45) is 0 Å². The van der Waals surface area contributed by atoms with E-state index in [1.165, 1.54) is 19.2 Å². The molecule has 2 N–H and O–H groups in total. The summed E-state index contributed by atoms with van der Waals surface area (Å²) in [5.74, 6) is 0.860. The van der Waals surface area contributed by atoms with Gasteiger partial charge >= 0.3 is 12.2 Å². The lowest BCUT2D eigenvalue weighted by molar-refractivity contribution is -0.138. The number of alkyl halides is 3. The smallest absolute Gasteiger partial charge is 0.416 e. The molecule has 0 saturated carbocycles. The van der Waals surface area contributed by atoms with E-state index in [1.807, 2.05) is 6.07 Å². The highest BCUT2D eigenvalue weighted by Gasteiger charge is 2.34. The van der Waals surface area contributed by atoms with E-state index in [4.69, 9.17) is 9.15 Å². The topological polar surface area (TPSA) is 66.7 Å². The highest BCUT2D eigenvalue weighted by atomic mass is 19.4. The zero-order chi connectivity index (χ0) is 20.9. The van der Waals surface area contributed by atoms with Crippen molar-refractivity contribution in [1.29, 1.82) is 0 Å². The number of benzene rings is 1. The number of nitrogens with zero attached hydrogens (tertiary/aromatic N) is 1. The van der Waals surface area contributed by atoms with E-state index in [1.54, 1.807) is 12.3 Å². The van der Waals surface area contributed by atoms with Gasteiger partial charge < -0.3 is 19.8 Å². The molecule has 1 unspecified atom stereocenters. The lowest BCUT2D eigenvalue weighted by atomic mass is 10.1. The summed E-state index contributed by atoms with van der Waals surface area (Å²) in [5.41, 5.74) is -0.863. The predicted octanol–water partition coefficient (Wildman–Crippen LogP) is 3.94. The van der Waals surface area contributed by atoms with E-state index >= 15 is 0 Å². The molecular weight excluding hydrogens is 387 g/mol.